The fourth-order valence-electron chi connectivity index (χ4n) is 5.86. The van der Waals surface area contributed by atoms with Crippen LogP contribution in [0.15, 0.2) is 84.9 Å². The van der Waals surface area contributed by atoms with Gasteiger partial charge in [0.1, 0.15) is 11.5 Å². The van der Waals surface area contributed by atoms with Gasteiger partial charge in [-0.05, 0) is 71.5 Å². The lowest BCUT2D eigenvalue weighted by molar-refractivity contribution is 0.0991. The first-order valence-electron chi connectivity index (χ1n) is 15.0. The summed E-state index contributed by atoms with van der Waals surface area (Å²) in [5, 5.41) is 6.89. The molecular weight excluding hydrogens is 552 g/mol. The highest BCUT2D eigenvalue weighted by atomic mass is 16.7. The fourth-order valence-corrected chi connectivity index (χ4v) is 5.86. The zero-order valence-corrected chi connectivity index (χ0v) is 25.4. The number of ether oxygens (including phenoxy) is 4. The minimum Gasteiger partial charge on any atom is -0.434 e. The van der Waals surface area contributed by atoms with Crippen molar-refractivity contribution in [1.29, 1.82) is 0 Å². The largest absolute Gasteiger partial charge is 0.513 e. The molecule has 44 heavy (non-hydrogen) atoms. The molecule has 6 heteroatoms. The summed E-state index contributed by atoms with van der Waals surface area (Å²) in [5.41, 5.74) is 4.06. The molecule has 6 nitrogen and oxygen atoms in total. The molecule has 0 saturated heterocycles. The van der Waals surface area contributed by atoms with Gasteiger partial charge in [-0.2, -0.15) is 0 Å². The van der Waals surface area contributed by atoms with Crippen LogP contribution in [0.3, 0.4) is 0 Å². The second-order valence-corrected chi connectivity index (χ2v) is 11.0. The summed E-state index contributed by atoms with van der Waals surface area (Å²) in [5.74, 6) is 0.930. The van der Waals surface area contributed by atoms with Gasteiger partial charge in [-0.3, -0.25) is 0 Å². The molecule has 0 bridgehead atoms. The average molecular weight is 587 g/mol. The summed E-state index contributed by atoms with van der Waals surface area (Å²) < 4.78 is 22.5. The van der Waals surface area contributed by atoms with E-state index >= 15 is 0 Å². The maximum Gasteiger partial charge on any atom is 0.513 e. The van der Waals surface area contributed by atoms with Gasteiger partial charge >= 0.3 is 12.3 Å². The van der Waals surface area contributed by atoms with Crippen molar-refractivity contribution < 1.29 is 28.5 Å². The van der Waals surface area contributed by atoms with E-state index in [1.807, 2.05) is 76.2 Å². The van der Waals surface area contributed by atoms with Crippen molar-refractivity contribution in [2.24, 2.45) is 0 Å². The maximum absolute atomic E-state index is 12.8. The molecule has 0 radical (unpaired) electrons. The number of fused-ring (bicyclic) bond motifs is 4. The first kappa shape index (κ1) is 29.0. The third kappa shape index (κ3) is 5.28. The van der Waals surface area contributed by atoms with E-state index in [4.69, 9.17) is 18.9 Å². The lowest BCUT2D eigenvalue weighted by Crippen LogP contribution is -2.12. The molecule has 0 aliphatic carbocycles. The Morgan fingerprint density at radius 3 is 1.25 bits per heavy atom. The summed E-state index contributed by atoms with van der Waals surface area (Å²) >= 11 is 0. The van der Waals surface area contributed by atoms with E-state index in [1.54, 1.807) is 0 Å². The van der Waals surface area contributed by atoms with Crippen LogP contribution in [-0.2, 0) is 9.47 Å². The molecule has 0 saturated carbocycles. The third-order valence-corrected chi connectivity index (χ3v) is 7.73. The highest BCUT2D eigenvalue weighted by Gasteiger charge is 2.24. The van der Waals surface area contributed by atoms with Crippen LogP contribution in [0.1, 0.15) is 37.8 Å². The smallest absolute Gasteiger partial charge is 0.434 e. The number of rotatable bonds is 7. The van der Waals surface area contributed by atoms with Crippen molar-refractivity contribution in [3.05, 3.63) is 96.1 Å². The van der Waals surface area contributed by atoms with E-state index in [1.165, 1.54) is 0 Å². The van der Waals surface area contributed by atoms with Gasteiger partial charge in [0.2, 0.25) is 0 Å². The first-order valence-corrected chi connectivity index (χ1v) is 15.0. The van der Waals surface area contributed by atoms with Gasteiger partial charge in [0.15, 0.2) is 0 Å². The van der Waals surface area contributed by atoms with Crippen molar-refractivity contribution in [3.63, 3.8) is 0 Å². The quantitative estimate of drug-likeness (QED) is 0.105. The molecule has 0 atom stereocenters. The van der Waals surface area contributed by atoms with Crippen molar-refractivity contribution in [2.45, 2.75) is 40.5 Å². The van der Waals surface area contributed by atoms with Crippen LogP contribution in [0.5, 0.6) is 11.5 Å². The topological polar surface area (TPSA) is 71.1 Å². The lowest BCUT2D eigenvalue weighted by Gasteiger charge is -2.21. The molecular formula is C38H34O6. The van der Waals surface area contributed by atoms with Crippen molar-refractivity contribution in [2.75, 3.05) is 13.2 Å². The third-order valence-electron chi connectivity index (χ3n) is 7.73. The Balaban J connectivity index is 1.73. The Morgan fingerprint density at radius 1 is 0.500 bits per heavy atom. The Labute approximate surface area is 256 Å². The highest BCUT2D eigenvalue weighted by Crippen LogP contribution is 2.50. The van der Waals surface area contributed by atoms with Gasteiger partial charge < -0.3 is 18.9 Å². The molecule has 0 amide bonds. The van der Waals surface area contributed by atoms with E-state index in [0.717, 1.165) is 65.3 Å². The molecule has 0 aliphatic rings. The number of hydrogen-bond donors (Lipinski definition) is 0. The van der Waals surface area contributed by atoms with E-state index in [9.17, 15) is 9.59 Å². The van der Waals surface area contributed by atoms with Gasteiger partial charge in [0, 0.05) is 21.5 Å². The van der Waals surface area contributed by atoms with Crippen LogP contribution in [-0.4, -0.2) is 25.5 Å². The predicted octanol–water partition coefficient (Wildman–Crippen LogP) is 10.4. The molecule has 0 unspecified atom stereocenters. The van der Waals surface area contributed by atoms with Crippen LogP contribution in [0.25, 0.3) is 54.2 Å². The highest BCUT2D eigenvalue weighted by molar-refractivity contribution is 6.27. The van der Waals surface area contributed by atoms with E-state index in [-0.39, 0.29) is 13.2 Å². The monoisotopic (exact) mass is 586 g/mol. The van der Waals surface area contributed by atoms with Gasteiger partial charge in [-0.1, -0.05) is 97.8 Å². The number of carbonyl (C=O) groups excluding carboxylic acids is 2. The van der Waals surface area contributed by atoms with Gasteiger partial charge in [-0.25, -0.2) is 9.59 Å². The number of aryl methyl sites for hydroxylation is 2. The Hall–Kier alpha value is -5.10. The number of carbonyl (C=O) groups is 2. The van der Waals surface area contributed by atoms with Crippen molar-refractivity contribution in [1.82, 2.24) is 0 Å². The molecule has 0 heterocycles. The van der Waals surface area contributed by atoms with Crippen LogP contribution >= 0.6 is 0 Å². The Kier molecular flexibility index (Phi) is 8.07. The zero-order chi connectivity index (χ0) is 30.8. The molecule has 0 fully saturated rings. The molecule has 0 aliphatic heterocycles. The summed E-state index contributed by atoms with van der Waals surface area (Å²) in [7, 11) is 0. The minimum atomic E-state index is -0.726. The predicted molar refractivity (Wildman–Crippen MR) is 176 cm³/mol. The fraction of sp³-hybridized carbons (Fsp3) is 0.211. The summed E-state index contributed by atoms with van der Waals surface area (Å²) in [6.45, 7) is 8.48. The van der Waals surface area contributed by atoms with E-state index in [2.05, 4.69) is 36.4 Å². The Bertz CT molecular complexity index is 1910. The number of hydrogen-bond acceptors (Lipinski definition) is 6. The van der Waals surface area contributed by atoms with Gasteiger partial charge in [-0.15, -0.1) is 0 Å². The maximum atomic E-state index is 12.8. The minimum absolute atomic E-state index is 0.281. The number of benzene rings is 6. The lowest BCUT2D eigenvalue weighted by atomic mass is 9.85. The standard InChI is InChI=1S/C38H34O6/c1-5-19-41-37(39)43-35-29-13-9-7-11-25(29)33(27-17-15-23(3)21-31(27)35)34-26-12-8-10-14-30(26)36(44-38(40)42-20-6-2)32-22-24(4)16-18-28(32)34/h7-18,21-22H,5-6,19-20H2,1-4H3. The first-order chi connectivity index (χ1) is 21.4. The van der Waals surface area contributed by atoms with Crippen molar-refractivity contribution in [3.8, 4) is 22.6 Å². The van der Waals surface area contributed by atoms with Gasteiger partial charge in [0.05, 0.1) is 13.2 Å². The molecule has 222 valence electrons. The SMILES string of the molecule is CCCOC(=O)Oc1c2ccccc2c(-c2c3ccccc3c(OC(=O)OCCC)c3cc(C)ccc23)c2ccc(C)cc12. The molecule has 6 rings (SSSR count). The van der Waals surface area contributed by atoms with E-state index in [0.29, 0.717) is 24.3 Å². The Morgan fingerprint density at radius 2 is 0.864 bits per heavy atom. The second-order valence-electron chi connectivity index (χ2n) is 11.0. The van der Waals surface area contributed by atoms with Crippen LogP contribution in [0.2, 0.25) is 0 Å². The zero-order valence-electron chi connectivity index (χ0n) is 25.4. The summed E-state index contributed by atoms with van der Waals surface area (Å²) in [4.78, 5) is 25.6. The van der Waals surface area contributed by atoms with Crippen LogP contribution in [0, 0.1) is 13.8 Å². The molecule has 0 N–H and O–H groups in total. The van der Waals surface area contributed by atoms with E-state index < -0.39 is 12.3 Å². The second kappa shape index (κ2) is 12.3. The van der Waals surface area contributed by atoms with Gasteiger partial charge in [0.25, 0.3) is 0 Å². The normalized spacial score (nSPS) is 11.3. The molecule has 6 aromatic carbocycles. The molecule has 0 spiro atoms. The molecule has 6 aromatic rings. The summed E-state index contributed by atoms with van der Waals surface area (Å²) in [6, 6.07) is 28.3. The van der Waals surface area contributed by atoms with Crippen LogP contribution in [0.4, 0.5) is 9.59 Å². The van der Waals surface area contributed by atoms with Crippen LogP contribution < -0.4 is 9.47 Å². The average Bonchev–Trinajstić information content (AvgIpc) is 3.03. The van der Waals surface area contributed by atoms with Crippen molar-refractivity contribution >= 4 is 55.4 Å². The summed E-state index contributed by atoms with van der Waals surface area (Å²) in [6.07, 6.45) is -0.0556. The molecule has 0 aromatic heterocycles.